The quantitative estimate of drug-likeness (QED) is 0.0117. The predicted octanol–water partition coefficient (Wildman–Crippen LogP) is -8.62. The van der Waals surface area contributed by atoms with Gasteiger partial charge in [-0.15, -0.1) is 0 Å². The number of aliphatic hydroxyl groups excluding tert-OH is 2. The first-order chi connectivity index (χ1) is 48.0. The highest BCUT2D eigenvalue weighted by Crippen LogP contribution is 2.29. The summed E-state index contributed by atoms with van der Waals surface area (Å²) in [7, 11) is 0. The number of hydrogen-bond donors (Lipinski definition) is 18. The molecule has 4 rings (SSSR count). The zero-order chi connectivity index (χ0) is 74.9. The lowest BCUT2D eigenvalue weighted by atomic mass is 10.0. The summed E-state index contributed by atoms with van der Waals surface area (Å²) >= 11 is 0. The van der Waals surface area contributed by atoms with Crippen molar-refractivity contribution >= 4 is 94.7 Å². The van der Waals surface area contributed by atoms with Gasteiger partial charge >= 0.3 is 11.9 Å². The van der Waals surface area contributed by atoms with Gasteiger partial charge in [0, 0.05) is 39.3 Å². The van der Waals surface area contributed by atoms with Gasteiger partial charge in [-0.05, 0) is 143 Å². The summed E-state index contributed by atoms with van der Waals surface area (Å²) in [6.45, 7) is 0.214. The van der Waals surface area contributed by atoms with E-state index in [2.05, 4.69) is 52.5 Å². The second-order valence-electron chi connectivity index (χ2n) is 25.1. The van der Waals surface area contributed by atoms with Crippen molar-refractivity contribution in [2.45, 2.75) is 202 Å². The van der Waals surface area contributed by atoms with Gasteiger partial charge in [0.25, 0.3) is 0 Å². The SMILES string of the molecule is CC(O)C(NC(=O)CNC(=O)COCOCC(=O)NCC(=O)NC(C(=O)NC(CCCCN)C(=O)N1CCCC1C(=O)N1CCCC1C(=O)NC(CCCN=C(N)N)C(=O)O)C(C)O)C(=O)NC(CCCCN)C(=O)N1CCCC1C(=O)N1CCCC1C(=O)NC(CCCN=C(N)N)C(=O)O. The average molecular weight is 1440 g/mol. The summed E-state index contributed by atoms with van der Waals surface area (Å²) in [6.07, 6.45) is 1.69. The van der Waals surface area contributed by atoms with Crippen LogP contribution in [0.15, 0.2) is 9.98 Å². The van der Waals surface area contributed by atoms with Crippen LogP contribution in [0.2, 0.25) is 0 Å². The van der Waals surface area contributed by atoms with E-state index >= 15 is 0 Å². The number of rotatable bonds is 44. The summed E-state index contributed by atoms with van der Waals surface area (Å²) in [4.78, 5) is 200. The molecule has 4 aliphatic rings. The number of aliphatic carboxylic acids is 2. The molecule has 0 radical (unpaired) electrons. The van der Waals surface area contributed by atoms with Crippen molar-refractivity contribution in [2.24, 2.45) is 44.4 Å². The predicted molar refractivity (Wildman–Crippen MR) is 358 cm³/mol. The molecule has 0 aromatic carbocycles. The third kappa shape index (κ3) is 27.7. The molecule has 4 heterocycles. The van der Waals surface area contributed by atoms with Crippen molar-refractivity contribution in [3.05, 3.63) is 0 Å². The molecule has 4 aliphatic heterocycles. The van der Waals surface area contributed by atoms with Gasteiger partial charge in [0.2, 0.25) is 70.9 Å². The average Bonchev–Trinajstić information content (AvgIpc) is 1.68. The fourth-order valence-corrected chi connectivity index (χ4v) is 12.1. The number of carboxylic acid groups (broad SMARTS) is 2. The minimum absolute atomic E-state index is 0.00639. The van der Waals surface area contributed by atoms with Crippen LogP contribution in [0.4, 0.5) is 0 Å². The second-order valence-corrected chi connectivity index (χ2v) is 25.1. The number of guanidine groups is 2. The summed E-state index contributed by atoms with van der Waals surface area (Å²) in [5.74, 6) is -12.2. The number of carboxylic acids is 2. The van der Waals surface area contributed by atoms with E-state index in [4.69, 9.17) is 43.9 Å². The molecule has 0 aromatic rings. The van der Waals surface area contributed by atoms with Crippen LogP contribution in [0.3, 0.4) is 0 Å². The summed E-state index contributed by atoms with van der Waals surface area (Å²) in [6, 6.07) is -12.5. The summed E-state index contributed by atoms with van der Waals surface area (Å²) < 4.78 is 10.2. The molecule has 4 saturated heterocycles. The number of likely N-dealkylation sites (tertiary alicyclic amines) is 4. The van der Waals surface area contributed by atoms with Crippen LogP contribution < -0.4 is 76.9 Å². The zero-order valence-electron chi connectivity index (χ0n) is 57.3. The second kappa shape index (κ2) is 43.5. The van der Waals surface area contributed by atoms with Crippen LogP contribution in [0, 0.1) is 0 Å². The van der Waals surface area contributed by atoms with Crippen LogP contribution in [0.5, 0.6) is 0 Å². The van der Waals surface area contributed by atoms with Gasteiger partial charge in [-0.25, -0.2) is 9.59 Å². The first kappa shape index (κ1) is 84.3. The van der Waals surface area contributed by atoms with Gasteiger partial charge < -0.3 is 126 Å². The Morgan fingerprint density at radius 2 is 0.782 bits per heavy atom. The number of aliphatic imine (C=N–C) groups is 2. The van der Waals surface area contributed by atoms with Crippen molar-refractivity contribution < 1.29 is 97.0 Å². The highest BCUT2D eigenvalue weighted by molar-refractivity contribution is 5.99. The van der Waals surface area contributed by atoms with Gasteiger partial charge in [-0.2, -0.15) is 0 Å². The highest BCUT2D eigenvalue weighted by Gasteiger charge is 2.47. The molecule has 101 heavy (non-hydrogen) atoms. The van der Waals surface area contributed by atoms with Gasteiger partial charge in [0.1, 0.15) is 80.4 Å². The lowest BCUT2D eigenvalue weighted by Gasteiger charge is -2.33. The molecule has 568 valence electrons. The Hall–Kier alpha value is -9.12. The summed E-state index contributed by atoms with van der Waals surface area (Å²) in [5.41, 5.74) is 32.8. The van der Waals surface area contributed by atoms with Crippen LogP contribution in [0.25, 0.3) is 0 Å². The van der Waals surface area contributed by atoms with E-state index in [1.54, 1.807) is 0 Å². The minimum Gasteiger partial charge on any atom is -0.480 e. The Balaban J connectivity index is 1.22. The molecule has 0 bridgehead atoms. The van der Waals surface area contributed by atoms with Gasteiger partial charge in [-0.3, -0.25) is 67.5 Å². The number of aliphatic hydroxyl groups is 2. The Kier molecular flexibility index (Phi) is 36.3. The molecule has 0 spiro atoms. The number of hydrogen-bond acceptors (Lipinski definition) is 22. The maximum Gasteiger partial charge on any atom is 0.326 e. The Morgan fingerprint density at radius 1 is 0.446 bits per heavy atom. The number of amides is 12. The summed E-state index contributed by atoms with van der Waals surface area (Å²) in [5, 5.41) is 60.2. The number of unbranched alkanes of at least 4 members (excludes halogenated alkanes) is 2. The molecule has 40 heteroatoms. The van der Waals surface area contributed by atoms with E-state index in [1.165, 1.54) is 33.4 Å². The number of carbonyl (C=O) groups excluding carboxylic acids is 12. The molecule has 40 nitrogen and oxygen atoms in total. The standard InChI is InChI=1S/C61H104N20O20/c1-34(82)48(52(90)72-36(13-3-5-21-62)54(92)80-27-11-19-42(80)56(94)78-25-9-17-40(78)50(88)74-38(58(96)97)15-7-23-68-60(64)65)76-44(84)29-70-46(86)31-100-33-101-32-47(87)71-30-45(85)77-49(35(2)83)53(91)73-37(14-4-6-22-63)55(93)81-28-12-20-43(81)57(95)79-26-10-18-41(79)51(89)75-39(59(98)99)16-8-24-69-61(66)67/h34-43,48-49,82-83H,3-33,62-63H2,1-2H3,(H,70,86)(H,71,87)(H,72,90)(H,73,91)(H,74,88)(H,75,89)(H,76,84)(H,77,85)(H,96,97)(H,98,99)(H4,64,65,68)(H4,66,67,69). The van der Waals surface area contributed by atoms with Gasteiger partial charge in [0.15, 0.2) is 11.9 Å². The monoisotopic (exact) mass is 1440 g/mol. The smallest absolute Gasteiger partial charge is 0.326 e. The maximum atomic E-state index is 14.3. The molecule has 0 saturated carbocycles. The van der Waals surface area contributed by atoms with Gasteiger partial charge in [-0.1, -0.05) is 0 Å². The molecule has 12 unspecified atom stereocenters. The lowest BCUT2D eigenvalue weighted by Crippen LogP contribution is -2.60. The Bertz CT molecular complexity index is 2730. The van der Waals surface area contributed by atoms with Crippen LogP contribution in [-0.4, -0.2) is 293 Å². The van der Waals surface area contributed by atoms with E-state index in [-0.39, 0.29) is 128 Å². The number of ether oxygens (including phenoxy) is 2. The van der Waals surface area contributed by atoms with Gasteiger partial charge in [0.05, 0.1) is 25.3 Å². The maximum absolute atomic E-state index is 14.3. The Morgan fingerprint density at radius 3 is 1.11 bits per heavy atom. The van der Waals surface area contributed by atoms with Crippen molar-refractivity contribution in [3.63, 3.8) is 0 Å². The van der Waals surface area contributed by atoms with Crippen molar-refractivity contribution in [1.29, 1.82) is 0 Å². The minimum atomic E-state index is -1.65. The van der Waals surface area contributed by atoms with Crippen LogP contribution in [-0.2, 0) is 76.6 Å². The molecule has 12 atom stereocenters. The fraction of sp³-hybridized carbons (Fsp3) is 0.738. The van der Waals surface area contributed by atoms with E-state index < -0.39 is 189 Å². The van der Waals surface area contributed by atoms with E-state index in [1.807, 2.05) is 0 Å². The number of nitrogens with zero attached hydrogens (tertiary/aromatic N) is 6. The Labute approximate surface area is 584 Å². The van der Waals surface area contributed by atoms with E-state index in [0.717, 1.165) is 0 Å². The first-order valence-electron chi connectivity index (χ1n) is 34.0. The molecular weight excluding hydrogens is 1330 g/mol. The first-order valence-corrected chi connectivity index (χ1v) is 34.0. The van der Waals surface area contributed by atoms with Crippen LogP contribution >= 0.6 is 0 Å². The molecule has 0 aliphatic carbocycles. The molecular formula is C61H104N20O20. The molecule has 24 N–H and O–H groups in total. The van der Waals surface area contributed by atoms with Crippen molar-refractivity contribution in [3.8, 4) is 0 Å². The number of nitrogens with one attached hydrogen (secondary N) is 8. The van der Waals surface area contributed by atoms with Crippen LogP contribution in [0.1, 0.15) is 129 Å². The van der Waals surface area contributed by atoms with E-state index in [0.29, 0.717) is 51.4 Å². The number of nitrogens with two attached hydrogens (primary N) is 6. The molecule has 0 aromatic heterocycles. The fourth-order valence-electron chi connectivity index (χ4n) is 12.1. The van der Waals surface area contributed by atoms with Crippen molar-refractivity contribution in [1.82, 2.24) is 62.1 Å². The molecule has 4 fully saturated rings. The number of carbonyl (C=O) groups is 14. The highest BCUT2D eigenvalue weighted by atomic mass is 16.7. The largest absolute Gasteiger partial charge is 0.480 e. The van der Waals surface area contributed by atoms with E-state index in [9.17, 15) is 87.5 Å². The van der Waals surface area contributed by atoms with Crippen molar-refractivity contribution in [2.75, 3.05) is 85.5 Å². The lowest BCUT2D eigenvalue weighted by molar-refractivity contribution is -0.149. The third-order valence-corrected chi connectivity index (χ3v) is 17.2. The third-order valence-electron chi connectivity index (χ3n) is 17.2. The zero-order valence-corrected chi connectivity index (χ0v) is 57.3. The molecule has 12 amide bonds. The normalized spacial score (nSPS) is 19.5. The topological polar surface area (TPSA) is 628 Å².